The van der Waals surface area contributed by atoms with Crippen LogP contribution in [-0.4, -0.2) is 13.0 Å². The van der Waals surface area contributed by atoms with Gasteiger partial charge >= 0.3 is 29.6 Å². The molecule has 0 aliphatic rings. The molecule has 0 spiro atoms. The average Bonchev–Trinajstić information content (AvgIpc) is 2.41. The van der Waals surface area contributed by atoms with E-state index in [-0.39, 0.29) is 35.9 Å². The van der Waals surface area contributed by atoms with Crippen LogP contribution in [0.1, 0.15) is 71.7 Å². The Bertz CT molecular complexity index is 489. The van der Waals surface area contributed by atoms with Crippen molar-refractivity contribution >= 4 is 10.1 Å². The molecule has 0 aliphatic carbocycles. The van der Waals surface area contributed by atoms with E-state index in [1.807, 2.05) is 0 Å². The monoisotopic (exact) mass is 322 g/mol. The molecule has 0 aromatic heterocycles. The van der Waals surface area contributed by atoms with E-state index in [0.29, 0.717) is 5.92 Å². The van der Waals surface area contributed by atoms with Crippen molar-refractivity contribution in [2.45, 2.75) is 69.6 Å². The number of hydrogen-bond acceptors (Lipinski definition) is 2. The molecule has 1 N–H and O–H groups in total. The summed E-state index contributed by atoms with van der Waals surface area (Å²) in [5.74, 6) is 0.427. The molecule has 21 heavy (non-hydrogen) atoms. The van der Waals surface area contributed by atoms with Crippen molar-refractivity contribution in [1.29, 1.82) is 0 Å². The van der Waals surface area contributed by atoms with Gasteiger partial charge in [-0.05, 0) is 30.0 Å². The van der Waals surface area contributed by atoms with Crippen molar-refractivity contribution in [3.8, 4) is 0 Å². The SMILES string of the molecule is CCCCCCCCC(C)c1ccc(S(=O)(=O)O)cc1.[H-].[Na+]. The summed E-state index contributed by atoms with van der Waals surface area (Å²) in [7, 11) is -4.08. The molecule has 0 heterocycles. The number of rotatable bonds is 9. The molecule has 1 aromatic rings. The van der Waals surface area contributed by atoms with Crippen molar-refractivity contribution in [3.05, 3.63) is 29.8 Å². The molecule has 0 bridgehead atoms. The van der Waals surface area contributed by atoms with E-state index in [1.54, 1.807) is 12.1 Å². The van der Waals surface area contributed by atoms with E-state index in [4.69, 9.17) is 4.55 Å². The van der Waals surface area contributed by atoms with Gasteiger partial charge in [0.1, 0.15) is 0 Å². The van der Waals surface area contributed by atoms with Gasteiger partial charge in [-0.25, -0.2) is 0 Å². The molecule has 0 radical (unpaired) electrons. The van der Waals surface area contributed by atoms with Crippen molar-refractivity contribution in [2.75, 3.05) is 0 Å². The third-order valence-corrected chi connectivity index (χ3v) is 4.61. The zero-order valence-electron chi connectivity index (χ0n) is 14.5. The fourth-order valence-electron chi connectivity index (χ4n) is 2.37. The third kappa shape index (κ3) is 8.36. The Morgan fingerprint density at radius 2 is 1.57 bits per heavy atom. The Morgan fingerprint density at radius 3 is 2.10 bits per heavy atom. The quantitative estimate of drug-likeness (QED) is 0.429. The van der Waals surface area contributed by atoms with E-state index in [9.17, 15) is 8.42 Å². The molecule has 0 fully saturated rings. The second-order valence-corrected chi connectivity index (χ2v) is 6.92. The van der Waals surface area contributed by atoms with Gasteiger partial charge in [0.25, 0.3) is 10.1 Å². The molecule has 1 unspecified atom stereocenters. The molecular weight excluding hydrogens is 295 g/mol. The summed E-state index contributed by atoms with van der Waals surface area (Å²) in [5, 5.41) is 0. The molecule has 1 aromatic carbocycles. The van der Waals surface area contributed by atoms with Gasteiger partial charge < -0.3 is 1.43 Å². The molecule has 0 aliphatic heterocycles. The van der Waals surface area contributed by atoms with Gasteiger partial charge in [0, 0.05) is 0 Å². The van der Waals surface area contributed by atoms with Gasteiger partial charge in [0.2, 0.25) is 0 Å². The first-order chi connectivity index (χ1) is 9.45. The van der Waals surface area contributed by atoms with Crippen LogP contribution in [0, 0.1) is 0 Å². The van der Waals surface area contributed by atoms with Crippen molar-refractivity contribution in [3.63, 3.8) is 0 Å². The smallest absolute Gasteiger partial charge is 1.00 e. The fraction of sp³-hybridized carbons (Fsp3) is 0.625. The van der Waals surface area contributed by atoms with E-state index in [0.717, 1.165) is 12.0 Å². The van der Waals surface area contributed by atoms with Crippen LogP contribution in [0.3, 0.4) is 0 Å². The Hall–Kier alpha value is 0.130. The van der Waals surface area contributed by atoms with Crippen LogP contribution in [0.25, 0.3) is 0 Å². The number of hydrogen-bond donors (Lipinski definition) is 1. The first-order valence-corrected chi connectivity index (χ1v) is 8.96. The minimum absolute atomic E-state index is 0. The van der Waals surface area contributed by atoms with Crippen LogP contribution in [0.4, 0.5) is 0 Å². The molecule has 1 atom stereocenters. The predicted molar refractivity (Wildman–Crippen MR) is 83.8 cm³/mol. The van der Waals surface area contributed by atoms with Gasteiger partial charge in [0.05, 0.1) is 4.90 Å². The van der Waals surface area contributed by atoms with Crippen LogP contribution in [0.5, 0.6) is 0 Å². The van der Waals surface area contributed by atoms with E-state index >= 15 is 0 Å². The maximum Gasteiger partial charge on any atom is 1.00 e. The minimum Gasteiger partial charge on any atom is -1.00 e. The molecule has 0 saturated heterocycles. The summed E-state index contributed by atoms with van der Waals surface area (Å²) >= 11 is 0. The molecule has 5 heteroatoms. The fourth-order valence-corrected chi connectivity index (χ4v) is 2.85. The minimum atomic E-state index is -4.08. The number of unbranched alkanes of at least 4 members (excludes halogenated alkanes) is 5. The largest absolute Gasteiger partial charge is 1.00 e. The summed E-state index contributed by atoms with van der Waals surface area (Å²) in [4.78, 5) is -0.0342. The van der Waals surface area contributed by atoms with Crippen molar-refractivity contribution < 1.29 is 44.0 Å². The zero-order chi connectivity index (χ0) is 15.0. The Balaban J connectivity index is 0. The third-order valence-electron chi connectivity index (χ3n) is 3.74. The first kappa shape index (κ1) is 21.1. The van der Waals surface area contributed by atoms with Crippen LogP contribution in [0.15, 0.2) is 29.2 Å². The van der Waals surface area contributed by atoms with E-state index in [1.165, 1.54) is 50.7 Å². The summed E-state index contributed by atoms with van der Waals surface area (Å²) in [6.45, 7) is 4.38. The van der Waals surface area contributed by atoms with E-state index < -0.39 is 10.1 Å². The van der Waals surface area contributed by atoms with Crippen LogP contribution in [-0.2, 0) is 10.1 Å². The van der Waals surface area contributed by atoms with Crippen molar-refractivity contribution in [2.24, 2.45) is 0 Å². The van der Waals surface area contributed by atoms with Gasteiger partial charge in [-0.2, -0.15) is 8.42 Å². The number of benzene rings is 1. The average molecular weight is 322 g/mol. The first-order valence-electron chi connectivity index (χ1n) is 7.52. The Morgan fingerprint density at radius 1 is 1.05 bits per heavy atom. The maximum absolute atomic E-state index is 11.0. The predicted octanol–water partition coefficient (Wildman–Crippen LogP) is 1.90. The standard InChI is InChI=1S/C16H26O3S.Na.H/c1-3-4-5-6-7-8-9-14(2)15-10-12-16(13-11-15)20(17,18)19;;/h10-14H,3-9H2,1-2H3,(H,17,18,19);;/q;+1;-1. The summed E-state index contributed by atoms with van der Waals surface area (Å²) in [6.07, 6.45) is 8.84. The topological polar surface area (TPSA) is 54.4 Å². The van der Waals surface area contributed by atoms with Gasteiger partial charge in [0.15, 0.2) is 0 Å². The van der Waals surface area contributed by atoms with Crippen molar-refractivity contribution in [1.82, 2.24) is 0 Å². The second-order valence-electron chi connectivity index (χ2n) is 5.50. The zero-order valence-corrected chi connectivity index (χ0v) is 16.3. The van der Waals surface area contributed by atoms with Gasteiger partial charge in [-0.15, -0.1) is 0 Å². The molecule has 3 nitrogen and oxygen atoms in total. The normalized spacial score (nSPS) is 12.7. The molecular formula is C16H27NaO3S. The molecule has 1 rings (SSSR count). The Labute approximate surface area is 153 Å². The molecule has 0 saturated carbocycles. The summed E-state index contributed by atoms with van der Waals surface area (Å²) in [6, 6.07) is 6.54. The molecule has 0 amide bonds. The molecule has 116 valence electrons. The van der Waals surface area contributed by atoms with Gasteiger partial charge in [-0.3, -0.25) is 4.55 Å². The summed E-state index contributed by atoms with van der Waals surface area (Å²) in [5.41, 5.74) is 1.13. The van der Waals surface area contributed by atoms with Crippen LogP contribution >= 0.6 is 0 Å². The maximum atomic E-state index is 11.0. The second kappa shape index (κ2) is 10.8. The Kier molecular flexibility index (Phi) is 10.9. The van der Waals surface area contributed by atoms with Gasteiger partial charge in [-0.1, -0.05) is 64.5 Å². The van der Waals surface area contributed by atoms with Crippen LogP contribution in [0.2, 0.25) is 0 Å². The van der Waals surface area contributed by atoms with E-state index in [2.05, 4.69) is 13.8 Å². The summed E-state index contributed by atoms with van der Waals surface area (Å²) < 4.78 is 30.9. The van der Waals surface area contributed by atoms with Crippen LogP contribution < -0.4 is 29.6 Å².